The normalized spacial score (nSPS) is 10.1. The number of amides is 1. The van der Waals surface area contributed by atoms with Gasteiger partial charge in [-0.25, -0.2) is 13.6 Å². The summed E-state index contributed by atoms with van der Waals surface area (Å²) in [5.41, 5.74) is -0.904. The molecule has 0 unspecified atom stereocenters. The van der Waals surface area contributed by atoms with Crippen LogP contribution in [0.5, 0.6) is 0 Å². The third kappa shape index (κ3) is 3.90. The number of hydrogen-bond acceptors (Lipinski definition) is 3. The zero-order valence-corrected chi connectivity index (χ0v) is 10.3. The van der Waals surface area contributed by atoms with Gasteiger partial charge < -0.3 is 15.7 Å². The molecular formula is C12H14F2N2O3. The highest BCUT2D eigenvalue weighted by molar-refractivity contribution is 5.88. The summed E-state index contributed by atoms with van der Waals surface area (Å²) >= 11 is 0. The summed E-state index contributed by atoms with van der Waals surface area (Å²) < 4.78 is 26.8. The Balaban J connectivity index is 2.68. The number of benzene rings is 1. The first kappa shape index (κ1) is 14.9. The quantitative estimate of drug-likeness (QED) is 0.735. The molecule has 1 aromatic rings. The largest absolute Gasteiger partial charge is 0.478 e. The van der Waals surface area contributed by atoms with Crippen molar-refractivity contribution in [2.45, 2.75) is 13.3 Å². The van der Waals surface area contributed by atoms with Gasteiger partial charge in [0.1, 0.15) is 0 Å². The van der Waals surface area contributed by atoms with Gasteiger partial charge in [-0.15, -0.1) is 0 Å². The zero-order chi connectivity index (χ0) is 14.4. The Bertz CT molecular complexity index is 492. The minimum absolute atomic E-state index is 0.107. The number of carboxylic acid groups (broad SMARTS) is 1. The van der Waals surface area contributed by atoms with Crippen molar-refractivity contribution >= 4 is 17.6 Å². The zero-order valence-electron chi connectivity index (χ0n) is 10.3. The van der Waals surface area contributed by atoms with Crippen LogP contribution in [0.2, 0.25) is 0 Å². The van der Waals surface area contributed by atoms with Crippen LogP contribution in [0, 0.1) is 11.6 Å². The molecule has 0 aliphatic carbocycles. The molecule has 0 aliphatic heterocycles. The summed E-state index contributed by atoms with van der Waals surface area (Å²) in [5, 5.41) is 13.7. The molecule has 0 aromatic heterocycles. The number of hydrogen-bond donors (Lipinski definition) is 3. The van der Waals surface area contributed by atoms with Crippen LogP contribution in [0.25, 0.3) is 0 Å². The van der Waals surface area contributed by atoms with Crippen molar-refractivity contribution in [2.75, 3.05) is 18.4 Å². The maximum atomic E-state index is 13.5. The molecule has 0 radical (unpaired) electrons. The summed E-state index contributed by atoms with van der Waals surface area (Å²) in [6.45, 7) is 2.38. The van der Waals surface area contributed by atoms with Crippen molar-refractivity contribution in [2.24, 2.45) is 0 Å². The monoisotopic (exact) mass is 272 g/mol. The van der Waals surface area contributed by atoms with E-state index in [0.29, 0.717) is 6.54 Å². The third-order valence-electron chi connectivity index (χ3n) is 2.35. The van der Waals surface area contributed by atoms with Crippen molar-refractivity contribution in [1.29, 1.82) is 0 Å². The fraction of sp³-hybridized carbons (Fsp3) is 0.333. The Labute approximate surface area is 108 Å². The number of rotatable bonds is 6. The van der Waals surface area contributed by atoms with Gasteiger partial charge in [-0.1, -0.05) is 0 Å². The highest BCUT2D eigenvalue weighted by Crippen LogP contribution is 2.20. The lowest BCUT2D eigenvalue weighted by Gasteiger charge is -2.09. The predicted molar refractivity (Wildman–Crippen MR) is 65.1 cm³/mol. The fourth-order valence-electron chi connectivity index (χ4n) is 1.45. The second kappa shape index (κ2) is 6.67. The van der Waals surface area contributed by atoms with E-state index in [1.165, 1.54) is 0 Å². The molecule has 0 bridgehead atoms. The summed E-state index contributed by atoms with van der Waals surface area (Å²) in [6, 6.07) is 2.09. The van der Waals surface area contributed by atoms with E-state index in [4.69, 9.17) is 5.11 Å². The molecule has 1 rings (SSSR count). The van der Waals surface area contributed by atoms with E-state index in [1.54, 1.807) is 6.92 Å². The molecule has 0 saturated heterocycles. The van der Waals surface area contributed by atoms with E-state index < -0.39 is 23.2 Å². The van der Waals surface area contributed by atoms with E-state index in [1.807, 2.05) is 0 Å². The number of anilines is 1. The predicted octanol–water partition coefficient (Wildman–Crippen LogP) is 1.60. The molecule has 0 saturated carbocycles. The molecule has 1 aromatic carbocycles. The second-order valence-corrected chi connectivity index (χ2v) is 3.72. The third-order valence-corrected chi connectivity index (χ3v) is 2.35. The first-order chi connectivity index (χ1) is 8.97. The van der Waals surface area contributed by atoms with Crippen molar-refractivity contribution in [3.05, 3.63) is 29.3 Å². The molecule has 104 valence electrons. The molecule has 5 nitrogen and oxygen atoms in total. The lowest BCUT2D eigenvalue weighted by molar-refractivity contribution is -0.120. The number of carbonyl (C=O) groups is 2. The molecule has 0 atom stereocenters. The molecule has 19 heavy (non-hydrogen) atoms. The summed E-state index contributed by atoms with van der Waals surface area (Å²) in [4.78, 5) is 21.7. The Morgan fingerprint density at radius 3 is 2.53 bits per heavy atom. The highest BCUT2D eigenvalue weighted by Gasteiger charge is 2.17. The number of aromatic carboxylic acids is 1. The van der Waals surface area contributed by atoms with Crippen LogP contribution in [0.4, 0.5) is 14.5 Å². The second-order valence-electron chi connectivity index (χ2n) is 3.72. The lowest BCUT2D eigenvalue weighted by atomic mass is 10.2. The summed E-state index contributed by atoms with van der Waals surface area (Å²) in [6.07, 6.45) is 0.107. The molecule has 3 N–H and O–H groups in total. The molecule has 1 amide bonds. The number of carbonyl (C=O) groups excluding carboxylic acids is 1. The van der Waals surface area contributed by atoms with E-state index in [-0.39, 0.29) is 24.6 Å². The van der Waals surface area contributed by atoms with Crippen LogP contribution in [-0.4, -0.2) is 30.1 Å². The van der Waals surface area contributed by atoms with Gasteiger partial charge in [0.15, 0.2) is 11.6 Å². The molecule has 0 fully saturated rings. The van der Waals surface area contributed by atoms with Gasteiger partial charge in [-0.05, 0) is 19.1 Å². The first-order valence-electron chi connectivity index (χ1n) is 5.69. The Morgan fingerprint density at radius 2 is 1.95 bits per heavy atom. The fourth-order valence-corrected chi connectivity index (χ4v) is 1.45. The van der Waals surface area contributed by atoms with Crippen molar-refractivity contribution in [1.82, 2.24) is 5.32 Å². The molecular weight excluding hydrogens is 258 g/mol. The van der Waals surface area contributed by atoms with Gasteiger partial charge in [-0.3, -0.25) is 4.79 Å². The number of halogens is 2. The maximum Gasteiger partial charge on any atom is 0.338 e. The van der Waals surface area contributed by atoms with Gasteiger partial charge in [0.05, 0.1) is 11.3 Å². The van der Waals surface area contributed by atoms with Crippen molar-refractivity contribution in [3.8, 4) is 0 Å². The Hall–Kier alpha value is -2.18. The average Bonchev–Trinajstić information content (AvgIpc) is 2.34. The van der Waals surface area contributed by atoms with Gasteiger partial charge in [0.2, 0.25) is 5.91 Å². The van der Waals surface area contributed by atoms with Crippen LogP contribution < -0.4 is 10.6 Å². The first-order valence-corrected chi connectivity index (χ1v) is 5.69. The molecule has 7 heteroatoms. The van der Waals surface area contributed by atoms with Gasteiger partial charge in [-0.2, -0.15) is 0 Å². The van der Waals surface area contributed by atoms with Crippen LogP contribution in [0.3, 0.4) is 0 Å². The van der Waals surface area contributed by atoms with Crippen molar-refractivity contribution < 1.29 is 23.5 Å². The van der Waals surface area contributed by atoms with E-state index in [2.05, 4.69) is 10.6 Å². The van der Waals surface area contributed by atoms with E-state index >= 15 is 0 Å². The topological polar surface area (TPSA) is 78.4 Å². The average molecular weight is 272 g/mol. The minimum atomic E-state index is -1.54. The number of nitrogens with one attached hydrogen (secondary N) is 2. The summed E-state index contributed by atoms with van der Waals surface area (Å²) in [7, 11) is 0. The lowest BCUT2D eigenvalue weighted by Crippen LogP contribution is -2.24. The maximum absolute atomic E-state index is 13.5. The molecule has 0 spiro atoms. The van der Waals surface area contributed by atoms with Gasteiger partial charge >= 0.3 is 5.97 Å². The number of carboxylic acids is 1. The Kier molecular flexibility index (Phi) is 5.23. The highest BCUT2D eigenvalue weighted by atomic mass is 19.2. The molecule has 0 aliphatic rings. The Morgan fingerprint density at radius 1 is 1.26 bits per heavy atom. The smallest absolute Gasteiger partial charge is 0.338 e. The molecule has 0 heterocycles. The van der Waals surface area contributed by atoms with Crippen LogP contribution >= 0.6 is 0 Å². The SMILES string of the molecule is CCNC(=O)CCNc1ccc(C(=O)O)c(F)c1F. The van der Waals surface area contributed by atoms with Gasteiger partial charge in [0, 0.05) is 19.5 Å². The van der Waals surface area contributed by atoms with Crippen LogP contribution in [-0.2, 0) is 4.79 Å². The van der Waals surface area contributed by atoms with Crippen LogP contribution in [0.1, 0.15) is 23.7 Å². The summed E-state index contributed by atoms with van der Waals surface area (Å²) in [5.74, 6) is -4.44. The van der Waals surface area contributed by atoms with E-state index in [0.717, 1.165) is 12.1 Å². The van der Waals surface area contributed by atoms with Crippen LogP contribution in [0.15, 0.2) is 12.1 Å². The van der Waals surface area contributed by atoms with Gasteiger partial charge in [0.25, 0.3) is 0 Å². The van der Waals surface area contributed by atoms with Crippen molar-refractivity contribution in [3.63, 3.8) is 0 Å². The standard InChI is InChI=1S/C12H14F2N2O3/c1-2-15-9(17)5-6-16-8-4-3-7(12(18)19)10(13)11(8)14/h3-4,16H,2,5-6H2,1H3,(H,15,17)(H,18,19). The van der Waals surface area contributed by atoms with E-state index in [9.17, 15) is 18.4 Å². The minimum Gasteiger partial charge on any atom is -0.478 e.